The van der Waals surface area contributed by atoms with Gasteiger partial charge in [-0.05, 0) is 25.7 Å². The average Bonchev–Trinajstić information content (AvgIpc) is 2.08. The number of carbonyl (C=O) groups is 1. The lowest BCUT2D eigenvalue weighted by molar-refractivity contribution is 0.0469. The first-order chi connectivity index (χ1) is 6.52. The molecule has 0 aliphatic carbocycles. The lowest BCUT2D eigenvalue weighted by atomic mass is 10.2. The fourth-order valence-corrected chi connectivity index (χ4v) is 0.806. The van der Waals surface area contributed by atoms with Crippen LogP contribution in [0.25, 0.3) is 0 Å². The smallest absolute Gasteiger partial charge is 0.434 e. The number of hydrogen-bond donors (Lipinski definition) is 0. The van der Waals surface area contributed by atoms with E-state index in [1.165, 1.54) is 0 Å². The molecular weight excluding hydrogens is 180 g/mol. The normalized spacial score (nSPS) is 10.0. The van der Waals surface area contributed by atoms with E-state index in [0.717, 1.165) is 18.4 Å². The molecule has 0 atom stereocenters. The molecule has 0 radical (unpaired) electrons. The lowest BCUT2D eigenvalue weighted by Crippen LogP contribution is -2.12. The summed E-state index contributed by atoms with van der Waals surface area (Å²) in [6.45, 7) is 10.5. The minimum Gasteiger partial charge on any atom is -0.434 e. The molecule has 0 unspecified atom stereocenters. The van der Waals surface area contributed by atoms with Crippen LogP contribution in [-0.4, -0.2) is 19.4 Å². The van der Waals surface area contributed by atoms with E-state index < -0.39 is 6.16 Å². The first-order valence-electron chi connectivity index (χ1n) is 4.96. The van der Waals surface area contributed by atoms with Gasteiger partial charge in [-0.1, -0.05) is 19.4 Å². The summed E-state index contributed by atoms with van der Waals surface area (Å²) in [4.78, 5) is 10.9. The van der Waals surface area contributed by atoms with Crippen molar-refractivity contribution in [2.24, 2.45) is 5.92 Å². The van der Waals surface area contributed by atoms with Crippen molar-refractivity contribution in [3.8, 4) is 0 Å². The Morgan fingerprint density at radius 2 is 2.00 bits per heavy atom. The van der Waals surface area contributed by atoms with E-state index >= 15 is 0 Å². The predicted octanol–water partition coefficient (Wildman–Crippen LogP) is 3.15. The summed E-state index contributed by atoms with van der Waals surface area (Å²) in [5.41, 5.74) is 1.10. The molecule has 0 N–H and O–H groups in total. The third-order valence-corrected chi connectivity index (χ3v) is 1.50. The Hall–Kier alpha value is -0.990. The van der Waals surface area contributed by atoms with Gasteiger partial charge in [0.15, 0.2) is 0 Å². The average molecular weight is 200 g/mol. The fourth-order valence-electron chi connectivity index (χ4n) is 0.806. The molecule has 0 aromatic heterocycles. The number of rotatable bonds is 6. The van der Waals surface area contributed by atoms with Crippen molar-refractivity contribution in [1.82, 2.24) is 0 Å². The van der Waals surface area contributed by atoms with Crippen molar-refractivity contribution >= 4 is 6.16 Å². The molecule has 0 bridgehead atoms. The maximum Gasteiger partial charge on any atom is 0.508 e. The van der Waals surface area contributed by atoms with Gasteiger partial charge in [0.2, 0.25) is 0 Å². The van der Waals surface area contributed by atoms with Gasteiger partial charge in [0.05, 0.1) is 13.2 Å². The zero-order chi connectivity index (χ0) is 11.0. The molecule has 82 valence electrons. The van der Waals surface area contributed by atoms with Crippen LogP contribution >= 0.6 is 0 Å². The molecule has 14 heavy (non-hydrogen) atoms. The maximum atomic E-state index is 10.9. The van der Waals surface area contributed by atoms with Crippen LogP contribution in [-0.2, 0) is 9.47 Å². The molecule has 0 saturated carbocycles. The zero-order valence-electron chi connectivity index (χ0n) is 9.34. The Labute approximate surface area is 86.1 Å². The Kier molecular flexibility index (Phi) is 6.89. The van der Waals surface area contributed by atoms with E-state index in [-0.39, 0.29) is 0 Å². The van der Waals surface area contributed by atoms with Gasteiger partial charge in [0.25, 0.3) is 0 Å². The summed E-state index contributed by atoms with van der Waals surface area (Å²) in [7, 11) is 0. The number of carbonyl (C=O) groups excluding carboxylic acids is 1. The minimum atomic E-state index is -0.569. The minimum absolute atomic E-state index is 0.345. The molecule has 0 aliphatic rings. The summed E-state index contributed by atoms with van der Waals surface area (Å²) >= 11 is 0. The topological polar surface area (TPSA) is 35.5 Å². The van der Waals surface area contributed by atoms with E-state index in [9.17, 15) is 4.79 Å². The van der Waals surface area contributed by atoms with Gasteiger partial charge in [-0.25, -0.2) is 4.79 Å². The Balaban J connectivity index is 3.31. The molecule has 3 heteroatoms. The summed E-state index contributed by atoms with van der Waals surface area (Å²) < 4.78 is 9.67. The summed E-state index contributed by atoms with van der Waals surface area (Å²) in [6, 6.07) is 0. The molecule has 3 nitrogen and oxygen atoms in total. The molecule has 0 amide bonds. The van der Waals surface area contributed by atoms with Crippen molar-refractivity contribution in [3.63, 3.8) is 0 Å². The molecule has 0 aromatic carbocycles. The highest BCUT2D eigenvalue weighted by Gasteiger charge is 2.04. The lowest BCUT2D eigenvalue weighted by Gasteiger charge is -2.07. The van der Waals surface area contributed by atoms with E-state index in [4.69, 9.17) is 9.47 Å². The van der Waals surface area contributed by atoms with Crippen LogP contribution in [0.1, 0.15) is 33.6 Å². The molecule has 0 saturated heterocycles. The zero-order valence-corrected chi connectivity index (χ0v) is 9.34. The van der Waals surface area contributed by atoms with Crippen molar-refractivity contribution in [2.45, 2.75) is 33.6 Å². The number of hydrogen-bond acceptors (Lipinski definition) is 3. The first-order valence-corrected chi connectivity index (χ1v) is 4.96. The van der Waals surface area contributed by atoms with Crippen LogP contribution < -0.4 is 0 Å². The van der Waals surface area contributed by atoms with E-state index in [0.29, 0.717) is 19.1 Å². The Morgan fingerprint density at radius 1 is 1.36 bits per heavy atom. The van der Waals surface area contributed by atoms with Crippen molar-refractivity contribution in [1.29, 1.82) is 0 Å². The van der Waals surface area contributed by atoms with Gasteiger partial charge in [-0.3, -0.25) is 0 Å². The number of allylic oxidation sites excluding steroid dienone is 1. The van der Waals surface area contributed by atoms with Crippen LogP contribution in [0.3, 0.4) is 0 Å². The van der Waals surface area contributed by atoms with Gasteiger partial charge >= 0.3 is 6.16 Å². The predicted molar refractivity (Wildman–Crippen MR) is 56.2 cm³/mol. The molecule has 0 aliphatic heterocycles. The molecule has 0 aromatic rings. The van der Waals surface area contributed by atoms with Gasteiger partial charge in [-0.15, -0.1) is 6.58 Å². The molecule has 0 spiro atoms. The molecule has 0 heterocycles. The summed E-state index contributed by atoms with van der Waals surface area (Å²) in [6.07, 6.45) is 1.13. The molecule has 0 rings (SSSR count). The second kappa shape index (κ2) is 7.42. The summed E-state index contributed by atoms with van der Waals surface area (Å²) in [5, 5.41) is 0. The van der Waals surface area contributed by atoms with Crippen LogP contribution in [0, 0.1) is 5.92 Å². The third-order valence-electron chi connectivity index (χ3n) is 1.50. The fraction of sp³-hybridized carbons (Fsp3) is 0.727. The van der Waals surface area contributed by atoms with Crippen molar-refractivity contribution < 1.29 is 14.3 Å². The van der Waals surface area contributed by atoms with E-state index in [1.807, 2.05) is 20.8 Å². The van der Waals surface area contributed by atoms with Gasteiger partial charge in [0.1, 0.15) is 0 Å². The van der Waals surface area contributed by atoms with Crippen molar-refractivity contribution in [3.05, 3.63) is 12.2 Å². The largest absolute Gasteiger partial charge is 0.508 e. The van der Waals surface area contributed by atoms with Crippen LogP contribution in [0.15, 0.2) is 12.2 Å². The van der Waals surface area contributed by atoms with Crippen molar-refractivity contribution in [2.75, 3.05) is 13.2 Å². The quantitative estimate of drug-likeness (QED) is 0.375. The van der Waals surface area contributed by atoms with Crippen LogP contribution in [0.2, 0.25) is 0 Å². The first kappa shape index (κ1) is 13.0. The highest BCUT2D eigenvalue weighted by Crippen LogP contribution is 2.01. The highest BCUT2D eigenvalue weighted by atomic mass is 16.7. The van der Waals surface area contributed by atoms with Crippen LogP contribution in [0.4, 0.5) is 4.79 Å². The maximum absolute atomic E-state index is 10.9. The SMILES string of the molecule is C=C(C)CCCOC(=O)OCC(C)C. The monoisotopic (exact) mass is 200 g/mol. The third kappa shape index (κ3) is 9.10. The van der Waals surface area contributed by atoms with E-state index in [2.05, 4.69) is 6.58 Å². The highest BCUT2D eigenvalue weighted by molar-refractivity contribution is 5.59. The Bertz CT molecular complexity index is 185. The van der Waals surface area contributed by atoms with Gasteiger partial charge in [-0.2, -0.15) is 0 Å². The molecule has 0 fully saturated rings. The van der Waals surface area contributed by atoms with Gasteiger partial charge in [0, 0.05) is 0 Å². The second-order valence-corrected chi connectivity index (χ2v) is 3.86. The Morgan fingerprint density at radius 3 is 2.50 bits per heavy atom. The second-order valence-electron chi connectivity index (χ2n) is 3.86. The van der Waals surface area contributed by atoms with Gasteiger partial charge < -0.3 is 9.47 Å². The van der Waals surface area contributed by atoms with Crippen LogP contribution in [0.5, 0.6) is 0 Å². The number of ether oxygens (including phenoxy) is 2. The standard InChI is InChI=1S/C11H20O3/c1-9(2)6-5-7-13-11(12)14-8-10(3)4/h10H,1,5-8H2,2-4H3. The summed E-state index contributed by atoms with van der Waals surface area (Å²) in [5.74, 6) is 0.345. The molecular formula is C11H20O3. The van der Waals surface area contributed by atoms with E-state index in [1.54, 1.807) is 0 Å².